The molecule has 1 aromatic heterocycles. The van der Waals surface area contributed by atoms with Crippen molar-refractivity contribution in [3.8, 4) is 0 Å². The first-order valence-electron chi connectivity index (χ1n) is 5.03. The van der Waals surface area contributed by atoms with E-state index in [1.54, 1.807) is 18.2 Å². The van der Waals surface area contributed by atoms with Crippen LogP contribution in [0.4, 0.5) is 0 Å². The minimum Gasteiger partial charge on any atom is -0.456 e. The zero-order chi connectivity index (χ0) is 12.2. The summed E-state index contributed by atoms with van der Waals surface area (Å²) in [5.74, 6) is 0. The van der Waals surface area contributed by atoms with Gasteiger partial charge in [-0.2, -0.15) is 0 Å². The van der Waals surface area contributed by atoms with E-state index >= 15 is 0 Å². The maximum atomic E-state index is 6.20. The summed E-state index contributed by atoms with van der Waals surface area (Å²) in [7, 11) is 0. The Bertz CT molecular complexity index is 743. The second kappa shape index (κ2) is 3.81. The lowest BCUT2D eigenvalue weighted by Crippen LogP contribution is -1.75. The van der Waals surface area contributed by atoms with Gasteiger partial charge in [0.1, 0.15) is 11.2 Å². The predicted octanol–water partition coefficient (Wildman–Crippen LogP) is 5.85. The maximum absolute atomic E-state index is 6.20. The van der Waals surface area contributed by atoms with Crippen molar-refractivity contribution in [2.45, 2.75) is 6.92 Å². The van der Waals surface area contributed by atoms with Gasteiger partial charge in [0.25, 0.3) is 0 Å². The van der Waals surface area contributed by atoms with E-state index in [0.717, 1.165) is 21.9 Å². The Balaban J connectivity index is 2.56. The largest absolute Gasteiger partial charge is 0.456 e. The smallest absolute Gasteiger partial charge is 0.138 e. The Morgan fingerprint density at radius 3 is 2.41 bits per heavy atom. The molecule has 0 spiro atoms. The van der Waals surface area contributed by atoms with Crippen LogP contribution in [-0.2, 0) is 0 Å². The topological polar surface area (TPSA) is 13.1 Å². The molecule has 0 unspecified atom stereocenters. The third kappa shape index (κ3) is 1.70. The van der Waals surface area contributed by atoms with Gasteiger partial charge in [-0.3, -0.25) is 0 Å². The van der Waals surface area contributed by atoms with Gasteiger partial charge in [-0.1, -0.05) is 34.8 Å². The van der Waals surface area contributed by atoms with Crippen LogP contribution < -0.4 is 0 Å². The molecule has 3 aromatic rings. The Labute approximate surface area is 113 Å². The van der Waals surface area contributed by atoms with E-state index < -0.39 is 0 Å². The van der Waals surface area contributed by atoms with Crippen molar-refractivity contribution < 1.29 is 4.42 Å². The zero-order valence-electron chi connectivity index (χ0n) is 8.85. The zero-order valence-corrected chi connectivity index (χ0v) is 11.1. The van der Waals surface area contributed by atoms with E-state index in [4.69, 9.17) is 39.2 Å². The Morgan fingerprint density at radius 1 is 0.882 bits per heavy atom. The number of halogens is 3. The van der Waals surface area contributed by atoms with Crippen molar-refractivity contribution in [1.29, 1.82) is 0 Å². The summed E-state index contributed by atoms with van der Waals surface area (Å²) in [5.41, 5.74) is 2.40. The van der Waals surface area contributed by atoms with Gasteiger partial charge in [0, 0.05) is 33.0 Å². The first-order valence-corrected chi connectivity index (χ1v) is 6.17. The van der Waals surface area contributed by atoms with Crippen LogP contribution in [0.5, 0.6) is 0 Å². The van der Waals surface area contributed by atoms with Gasteiger partial charge >= 0.3 is 0 Å². The van der Waals surface area contributed by atoms with Crippen LogP contribution in [-0.4, -0.2) is 0 Å². The number of fused-ring (bicyclic) bond motifs is 3. The average Bonchev–Trinajstić information content (AvgIpc) is 2.56. The molecule has 17 heavy (non-hydrogen) atoms. The third-order valence-corrected chi connectivity index (χ3v) is 3.69. The van der Waals surface area contributed by atoms with Gasteiger partial charge in [-0.05, 0) is 24.6 Å². The number of rotatable bonds is 0. The van der Waals surface area contributed by atoms with Crippen molar-refractivity contribution in [1.82, 2.24) is 0 Å². The molecule has 0 bridgehead atoms. The van der Waals surface area contributed by atoms with Crippen LogP contribution in [0.25, 0.3) is 21.9 Å². The Kier molecular flexibility index (Phi) is 2.51. The van der Waals surface area contributed by atoms with Crippen LogP contribution in [0.2, 0.25) is 15.1 Å². The molecule has 0 saturated carbocycles. The van der Waals surface area contributed by atoms with E-state index in [0.29, 0.717) is 20.7 Å². The van der Waals surface area contributed by atoms with Gasteiger partial charge in [-0.15, -0.1) is 0 Å². The Hall–Kier alpha value is -0.890. The lowest BCUT2D eigenvalue weighted by atomic mass is 10.1. The van der Waals surface area contributed by atoms with Gasteiger partial charge < -0.3 is 4.42 Å². The molecule has 4 heteroatoms. The first kappa shape index (κ1) is 11.2. The van der Waals surface area contributed by atoms with Crippen molar-refractivity contribution in [2.24, 2.45) is 0 Å². The number of benzene rings is 2. The average molecular weight is 286 g/mol. The molecule has 0 aliphatic rings. The second-order valence-corrected chi connectivity index (χ2v) is 5.21. The summed E-state index contributed by atoms with van der Waals surface area (Å²) in [5, 5.41) is 3.67. The number of aryl methyl sites for hydroxylation is 1. The standard InChI is InChI=1S/C13H7Cl3O/c1-6-2-8-11(5-9(6)15)17-12-4-7(14)3-10(16)13(8)12/h2-5H,1H3. The molecule has 3 rings (SSSR count). The summed E-state index contributed by atoms with van der Waals surface area (Å²) < 4.78 is 5.70. The quantitative estimate of drug-likeness (QED) is 0.504. The van der Waals surface area contributed by atoms with Gasteiger partial charge in [0.15, 0.2) is 0 Å². The molecular formula is C13H7Cl3O. The van der Waals surface area contributed by atoms with Crippen LogP contribution in [0.1, 0.15) is 5.56 Å². The van der Waals surface area contributed by atoms with Crippen LogP contribution in [0.3, 0.4) is 0 Å². The predicted molar refractivity (Wildman–Crippen MR) is 73.5 cm³/mol. The highest BCUT2D eigenvalue weighted by Gasteiger charge is 2.12. The molecular weight excluding hydrogens is 279 g/mol. The summed E-state index contributed by atoms with van der Waals surface area (Å²) in [6.45, 7) is 1.95. The molecule has 2 aromatic carbocycles. The van der Waals surface area contributed by atoms with Gasteiger partial charge in [0.05, 0.1) is 5.02 Å². The van der Waals surface area contributed by atoms with E-state index in [1.807, 2.05) is 13.0 Å². The van der Waals surface area contributed by atoms with E-state index in [-0.39, 0.29) is 0 Å². The fraction of sp³-hybridized carbons (Fsp3) is 0.0769. The van der Waals surface area contributed by atoms with E-state index in [9.17, 15) is 0 Å². The molecule has 0 saturated heterocycles. The lowest BCUT2D eigenvalue weighted by molar-refractivity contribution is 0.669. The van der Waals surface area contributed by atoms with E-state index in [1.165, 1.54) is 0 Å². The monoisotopic (exact) mass is 284 g/mol. The molecule has 1 heterocycles. The fourth-order valence-corrected chi connectivity index (χ4v) is 2.68. The molecule has 1 nitrogen and oxygen atoms in total. The van der Waals surface area contributed by atoms with Crippen LogP contribution in [0.15, 0.2) is 28.7 Å². The SMILES string of the molecule is Cc1cc2c(cc1Cl)oc1cc(Cl)cc(Cl)c12. The van der Waals surface area contributed by atoms with E-state index in [2.05, 4.69) is 0 Å². The molecule has 0 N–H and O–H groups in total. The van der Waals surface area contributed by atoms with Crippen LogP contribution >= 0.6 is 34.8 Å². The maximum Gasteiger partial charge on any atom is 0.138 e. The fourth-order valence-electron chi connectivity index (χ4n) is 1.95. The van der Waals surface area contributed by atoms with Crippen molar-refractivity contribution >= 4 is 56.7 Å². The van der Waals surface area contributed by atoms with Gasteiger partial charge in [0.2, 0.25) is 0 Å². The first-order chi connectivity index (χ1) is 8.06. The summed E-state index contributed by atoms with van der Waals surface area (Å²) in [6.07, 6.45) is 0. The minimum atomic E-state index is 0.560. The highest BCUT2D eigenvalue weighted by atomic mass is 35.5. The molecule has 0 aliphatic heterocycles. The number of furan rings is 1. The number of hydrogen-bond donors (Lipinski definition) is 0. The van der Waals surface area contributed by atoms with Gasteiger partial charge in [-0.25, -0.2) is 0 Å². The normalized spacial score (nSPS) is 11.5. The van der Waals surface area contributed by atoms with Crippen molar-refractivity contribution in [2.75, 3.05) is 0 Å². The lowest BCUT2D eigenvalue weighted by Gasteiger charge is -1.97. The van der Waals surface area contributed by atoms with Crippen LogP contribution in [0, 0.1) is 6.92 Å². The number of hydrogen-bond acceptors (Lipinski definition) is 1. The summed E-state index contributed by atoms with van der Waals surface area (Å²) in [4.78, 5) is 0. The molecule has 0 radical (unpaired) electrons. The minimum absolute atomic E-state index is 0.560. The summed E-state index contributed by atoms with van der Waals surface area (Å²) >= 11 is 18.2. The summed E-state index contributed by atoms with van der Waals surface area (Å²) in [6, 6.07) is 7.25. The molecule has 0 atom stereocenters. The van der Waals surface area contributed by atoms with Crippen molar-refractivity contribution in [3.63, 3.8) is 0 Å². The van der Waals surface area contributed by atoms with Crippen molar-refractivity contribution in [3.05, 3.63) is 44.9 Å². The third-order valence-electron chi connectivity index (χ3n) is 2.77. The Morgan fingerprint density at radius 2 is 1.65 bits per heavy atom. The highest BCUT2D eigenvalue weighted by molar-refractivity contribution is 6.40. The molecule has 86 valence electrons. The molecule has 0 amide bonds. The second-order valence-electron chi connectivity index (χ2n) is 3.96. The molecule has 0 aliphatic carbocycles. The highest BCUT2D eigenvalue weighted by Crippen LogP contribution is 2.37. The molecule has 0 fully saturated rings.